The molecule has 1 unspecified atom stereocenters. The second-order valence-corrected chi connectivity index (χ2v) is 7.56. The number of hydrogen-bond acceptors (Lipinski definition) is 3. The third kappa shape index (κ3) is 4.17. The lowest BCUT2D eigenvalue weighted by Crippen LogP contribution is -2.34. The molecule has 4 rings (SSSR count). The van der Waals surface area contributed by atoms with Crippen molar-refractivity contribution in [1.29, 1.82) is 0 Å². The minimum atomic E-state index is -0.770. The number of H-pyrrole nitrogens is 1. The van der Waals surface area contributed by atoms with Gasteiger partial charge >= 0.3 is 0 Å². The van der Waals surface area contributed by atoms with Crippen LogP contribution in [0.15, 0.2) is 65.5 Å². The Bertz CT molecular complexity index is 1130. The Hall–Kier alpha value is -3.67. The molecule has 0 radical (unpaired) electrons. The van der Waals surface area contributed by atoms with E-state index in [1.54, 1.807) is 0 Å². The van der Waals surface area contributed by atoms with E-state index in [0.717, 1.165) is 40.8 Å². The number of hydrogen-bond donors (Lipinski definition) is 3. The van der Waals surface area contributed by atoms with Gasteiger partial charge < -0.3 is 16.0 Å². The van der Waals surface area contributed by atoms with Gasteiger partial charge in [-0.15, -0.1) is 0 Å². The lowest BCUT2D eigenvalue weighted by molar-refractivity contribution is -0.121. The first-order valence-corrected chi connectivity index (χ1v) is 10.0. The van der Waals surface area contributed by atoms with Crippen LogP contribution >= 0.6 is 0 Å². The molecule has 6 heteroatoms. The fraction of sp³-hybridized carbons (Fsp3) is 0.208. The van der Waals surface area contributed by atoms with Gasteiger partial charge in [0.2, 0.25) is 5.91 Å². The van der Waals surface area contributed by atoms with E-state index in [1.165, 1.54) is 6.07 Å². The van der Waals surface area contributed by atoms with E-state index in [4.69, 9.17) is 5.73 Å². The number of rotatable bonds is 5. The van der Waals surface area contributed by atoms with Gasteiger partial charge in [-0.2, -0.15) is 0 Å². The number of carbonyl (C=O) groups excluding carboxylic acids is 2. The molecule has 0 fully saturated rings. The number of aryl methyl sites for hydroxylation is 1. The Balaban J connectivity index is 1.47. The third-order valence-electron chi connectivity index (χ3n) is 5.48. The number of nitrogens with one attached hydrogen (secondary N) is 2. The summed E-state index contributed by atoms with van der Waals surface area (Å²) >= 11 is 0. The Morgan fingerprint density at radius 2 is 1.73 bits per heavy atom. The van der Waals surface area contributed by atoms with Crippen molar-refractivity contribution in [3.63, 3.8) is 0 Å². The van der Waals surface area contributed by atoms with Crippen molar-refractivity contribution in [1.82, 2.24) is 10.3 Å². The smallest absolute Gasteiger partial charge is 0.261 e. The molecular formula is C24H23N3O3. The first kappa shape index (κ1) is 19.6. The van der Waals surface area contributed by atoms with Crippen molar-refractivity contribution in [2.45, 2.75) is 31.7 Å². The first-order valence-electron chi connectivity index (χ1n) is 10.0. The first-order chi connectivity index (χ1) is 14.5. The van der Waals surface area contributed by atoms with Crippen LogP contribution in [0.2, 0.25) is 0 Å². The van der Waals surface area contributed by atoms with Gasteiger partial charge in [0.25, 0.3) is 11.5 Å². The molecule has 3 aromatic rings. The molecule has 1 aliphatic carbocycles. The molecular weight excluding hydrogens is 378 g/mol. The highest BCUT2D eigenvalue weighted by Gasteiger charge is 2.24. The maximum atomic E-state index is 12.7. The van der Waals surface area contributed by atoms with Crippen molar-refractivity contribution < 1.29 is 9.59 Å². The quantitative estimate of drug-likeness (QED) is 0.612. The predicted octanol–water partition coefficient (Wildman–Crippen LogP) is 2.88. The summed E-state index contributed by atoms with van der Waals surface area (Å²) < 4.78 is 0. The van der Waals surface area contributed by atoms with Crippen LogP contribution in [0.4, 0.5) is 0 Å². The van der Waals surface area contributed by atoms with Gasteiger partial charge in [-0.3, -0.25) is 14.4 Å². The SMILES string of the molecule is NC(=O)c1cc2c([nH]c1=O)CCCC2NC(=O)Cc1ccc(-c2ccccc2)cc1. The van der Waals surface area contributed by atoms with E-state index in [2.05, 4.69) is 10.3 Å². The van der Waals surface area contributed by atoms with Crippen molar-refractivity contribution in [2.75, 3.05) is 0 Å². The standard InChI is InChI=1S/C24H23N3O3/c25-23(29)19-14-18-20(7-4-8-21(18)27-24(19)30)26-22(28)13-15-9-11-17(12-10-15)16-5-2-1-3-6-16/h1-3,5-6,9-12,14,20H,4,7-8,13H2,(H2,25,29)(H,26,28)(H,27,30). The molecule has 0 aliphatic heterocycles. The summed E-state index contributed by atoms with van der Waals surface area (Å²) in [7, 11) is 0. The van der Waals surface area contributed by atoms with E-state index in [-0.39, 0.29) is 23.9 Å². The molecule has 6 nitrogen and oxygen atoms in total. The third-order valence-corrected chi connectivity index (χ3v) is 5.48. The van der Waals surface area contributed by atoms with E-state index < -0.39 is 11.5 Å². The van der Waals surface area contributed by atoms with Crippen LogP contribution in [0, 0.1) is 0 Å². The molecule has 0 bridgehead atoms. The van der Waals surface area contributed by atoms with Gasteiger partial charge in [-0.05, 0) is 47.6 Å². The molecule has 2 amide bonds. The van der Waals surface area contributed by atoms with Gasteiger partial charge in [0.15, 0.2) is 0 Å². The Labute approximate surface area is 174 Å². The minimum Gasteiger partial charge on any atom is -0.365 e. The monoisotopic (exact) mass is 401 g/mol. The maximum absolute atomic E-state index is 12.7. The zero-order valence-electron chi connectivity index (χ0n) is 16.5. The van der Waals surface area contributed by atoms with Crippen LogP contribution in [0.3, 0.4) is 0 Å². The zero-order chi connectivity index (χ0) is 21.1. The van der Waals surface area contributed by atoms with Gasteiger partial charge in [-0.25, -0.2) is 0 Å². The summed E-state index contributed by atoms with van der Waals surface area (Å²) in [5.74, 6) is -0.875. The van der Waals surface area contributed by atoms with E-state index in [9.17, 15) is 14.4 Å². The fourth-order valence-corrected chi connectivity index (χ4v) is 3.95. The summed E-state index contributed by atoms with van der Waals surface area (Å²) in [6.07, 6.45) is 2.55. The summed E-state index contributed by atoms with van der Waals surface area (Å²) in [6, 6.07) is 19.3. The number of aromatic amines is 1. The van der Waals surface area contributed by atoms with Crippen LogP contribution in [0.5, 0.6) is 0 Å². The molecule has 0 saturated heterocycles. The van der Waals surface area contributed by atoms with Crippen LogP contribution in [-0.4, -0.2) is 16.8 Å². The molecule has 1 heterocycles. The van der Waals surface area contributed by atoms with E-state index in [1.807, 2.05) is 54.6 Å². The van der Waals surface area contributed by atoms with Gasteiger partial charge in [0.05, 0.1) is 12.5 Å². The summed E-state index contributed by atoms with van der Waals surface area (Å²) in [5.41, 5.74) is 9.42. The molecule has 2 aromatic carbocycles. The number of aromatic nitrogens is 1. The summed E-state index contributed by atoms with van der Waals surface area (Å²) in [6.45, 7) is 0. The number of carbonyl (C=O) groups is 2. The molecule has 1 aliphatic rings. The largest absolute Gasteiger partial charge is 0.365 e. The van der Waals surface area contributed by atoms with Crippen molar-refractivity contribution >= 4 is 11.8 Å². The Morgan fingerprint density at radius 1 is 1.03 bits per heavy atom. The molecule has 0 saturated carbocycles. The number of benzene rings is 2. The van der Waals surface area contributed by atoms with Crippen molar-refractivity contribution in [2.24, 2.45) is 5.73 Å². The van der Waals surface area contributed by atoms with Crippen LogP contribution in [-0.2, 0) is 17.6 Å². The molecule has 1 aromatic heterocycles. The maximum Gasteiger partial charge on any atom is 0.261 e. The Morgan fingerprint density at radius 3 is 2.43 bits per heavy atom. The number of pyridine rings is 1. The molecule has 152 valence electrons. The molecule has 1 atom stereocenters. The number of nitrogens with two attached hydrogens (primary N) is 1. The van der Waals surface area contributed by atoms with E-state index in [0.29, 0.717) is 6.42 Å². The number of amides is 2. The van der Waals surface area contributed by atoms with Gasteiger partial charge in [0, 0.05) is 5.69 Å². The lowest BCUT2D eigenvalue weighted by Gasteiger charge is -2.26. The molecule has 4 N–H and O–H groups in total. The highest BCUT2D eigenvalue weighted by molar-refractivity contribution is 5.92. The fourth-order valence-electron chi connectivity index (χ4n) is 3.95. The van der Waals surface area contributed by atoms with Crippen LogP contribution in [0.1, 0.15) is 46.1 Å². The van der Waals surface area contributed by atoms with Gasteiger partial charge in [0.1, 0.15) is 5.56 Å². The predicted molar refractivity (Wildman–Crippen MR) is 115 cm³/mol. The second-order valence-electron chi connectivity index (χ2n) is 7.56. The highest BCUT2D eigenvalue weighted by atomic mass is 16.2. The summed E-state index contributed by atoms with van der Waals surface area (Å²) in [4.78, 5) is 38.9. The van der Waals surface area contributed by atoms with Gasteiger partial charge in [-0.1, -0.05) is 54.6 Å². The zero-order valence-corrected chi connectivity index (χ0v) is 16.5. The van der Waals surface area contributed by atoms with Crippen LogP contribution in [0.25, 0.3) is 11.1 Å². The number of primary amides is 1. The van der Waals surface area contributed by atoms with E-state index >= 15 is 0 Å². The highest BCUT2D eigenvalue weighted by Crippen LogP contribution is 2.28. The van der Waals surface area contributed by atoms with Crippen molar-refractivity contribution in [3.8, 4) is 11.1 Å². The Kier molecular flexibility index (Phi) is 5.48. The second kappa shape index (κ2) is 8.37. The minimum absolute atomic E-state index is 0.0774. The number of fused-ring (bicyclic) bond motifs is 1. The molecule has 30 heavy (non-hydrogen) atoms. The molecule has 0 spiro atoms. The van der Waals surface area contributed by atoms with Crippen LogP contribution < -0.4 is 16.6 Å². The normalized spacial score (nSPS) is 15.3. The average Bonchev–Trinajstić information content (AvgIpc) is 2.74. The topological polar surface area (TPSA) is 105 Å². The average molecular weight is 401 g/mol. The summed E-state index contributed by atoms with van der Waals surface area (Å²) in [5, 5.41) is 3.04. The van der Waals surface area contributed by atoms with Crippen molar-refractivity contribution in [3.05, 3.63) is 93.4 Å². The lowest BCUT2D eigenvalue weighted by atomic mass is 9.90.